The molecule has 0 bridgehead atoms. The number of esters is 1. The molecule has 54 heavy (non-hydrogen) atoms. The Morgan fingerprint density at radius 2 is 1.52 bits per heavy atom. The number of aliphatic hydroxyl groups excluding tert-OH is 1. The van der Waals surface area contributed by atoms with E-state index in [1.54, 1.807) is 12.1 Å². The molecule has 3 N–H and O–H groups in total. The highest BCUT2D eigenvalue weighted by Crippen LogP contribution is 2.77. The first-order valence-electron chi connectivity index (χ1n) is 20.9. The maximum atomic E-state index is 14.0. The topological polar surface area (TPSA) is 130 Å². The van der Waals surface area contributed by atoms with Gasteiger partial charge in [0, 0.05) is 29.4 Å². The summed E-state index contributed by atoms with van der Waals surface area (Å²) in [6.07, 6.45) is 7.16. The molecule has 7 rings (SSSR count). The zero-order chi connectivity index (χ0) is 39.4. The van der Waals surface area contributed by atoms with Gasteiger partial charge in [0.2, 0.25) is 0 Å². The fourth-order valence-corrected chi connectivity index (χ4v) is 14.3. The van der Waals surface area contributed by atoms with E-state index in [0.717, 1.165) is 56.9 Å². The number of aliphatic hydroxyl groups is 1. The van der Waals surface area contributed by atoms with Crippen molar-refractivity contribution in [2.75, 3.05) is 6.54 Å². The molecular formula is C46H65NO7. The van der Waals surface area contributed by atoms with Gasteiger partial charge in [0.25, 0.3) is 5.91 Å². The lowest BCUT2D eigenvalue weighted by atomic mass is 9.33. The first-order valence-corrected chi connectivity index (χ1v) is 20.9. The van der Waals surface area contributed by atoms with Crippen LogP contribution in [0.15, 0.2) is 41.5 Å². The van der Waals surface area contributed by atoms with E-state index in [0.29, 0.717) is 30.2 Å². The monoisotopic (exact) mass is 743 g/mol. The molecule has 5 fully saturated rings. The van der Waals surface area contributed by atoms with E-state index >= 15 is 0 Å². The Kier molecular flexibility index (Phi) is 9.47. The predicted octanol–water partition coefficient (Wildman–Crippen LogP) is 8.42. The number of carboxylic acids is 1. The molecule has 1 aromatic rings. The van der Waals surface area contributed by atoms with Gasteiger partial charge in [-0.25, -0.2) is 0 Å². The number of aliphatic carboxylic acids is 1. The Hall–Kier alpha value is -3.00. The summed E-state index contributed by atoms with van der Waals surface area (Å²) in [5, 5.41) is 24.8. The number of nitrogens with one attached hydrogen (secondary N) is 1. The number of hydrogen-bond donors (Lipinski definition) is 3. The molecule has 0 saturated heterocycles. The lowest BCUT2D eigenvalue weighted by Gasteiger charge is -2.72. The number of carbonyl (C=O) groups is 4. The van der Waals surface area contributed by atoms with E-state index in [9.17, 15) is 29.4 Å². The molecular weight excluding hydrogens is 679 g/mol. The van der Waals surface area contributed by atoms with Crippen LogP contribution in [0, 0.1) is 68.0 Å². The second-order valence-electron chi connectivity index (χ2n) is 20.7. The lowest BCUT2D eigenvalue weighted by Crippen LogP contribution is -2.66. The molecule has 0 heterocycles. The van der Waals surface area contributed by atoms with Crippen LogP contribution in [0.25, 0.3) is 0 Å². The van der Waals surface area contributed by atoms with Gasteiger partial charge in [0.15, 0.2) is 5.78 Å². The van der Waals surface area contributed by atoms with Crippen molar-refractivity contribution in [3.05, 3.63) is 47.0 Å². The van der Waals surface area contributed by atoms with Crippen LogP contribution in [0.3, 0.4) is 0 Å². The molecule has 11 atom stereocenters. The smallest absolute Gasteiger partial charge is 0.309 e. The standard InChI is InChI=1S/C46H65NO7/c1-26(2)36-31(48)24-46(34(49)25-47-38(50)27-13-11-10-12-14-27)22-21-44(8)28(37(36)46)15-16-33-43(7)19-18-35(42(5,6)32(43)17-20-45(33,44)9)54-40(53)30-23-29(39(51)52)41(30,3)4/h10-14,26,28-30,32-35,49H,15-25H2,1-9H3,(H,47,50)(H,51,52)/t28-,29+,30-,32+,33-,34+,35+,43+,44-,45-,46+/m1/s1. The van der Waals surface area contributed by atoms with Crippen molar-refractivity contribution >= 4 is 23.6 Å². The second-order valence-corrected chi connectivity index (χ2v) is 20.7. The Morgan fingerprint density at radius 1 is 0.833 bits per heavy atom. The van der Waals surface area contributed by atoms with Crippen molar-refractivity contribution in [3.63, 3.8) is 0 Å². The first-order chi connectivity index (χ1) is 25.2. The van der Waals surface area contributed by atoms with Crippen LogP contribution >= 0.6 is 0 Å². The van der Waals surface area contributed by atoms with Crippen molar-refractivity contribution in [2.24, 2.45) is 68.0 Å². The van der Waals surface area contributed by atoms with E-state index in [-0.39, 0.29) is 63.8 Å². The summed E-state index contributed by atoms with van der Waals surface area (Å²) < 4.78 is 6.40. The van der Waals surface area contributed by atoms with Gasteiger partial charge >= 0.3 is 11.9 Å². The van der Waals surface area contributed by atoms with E-state index in [2.05, 4.69) is 53.8 Å². The van der Waals surface area contributed by atoms with Crippen molar-refractivity contribution in [2.45, 2.75) is 139 Å². The minimum atomic E-state index is -0.858. The number of ketones is 1. The summed E-state index contributed by atoms with van der Waals surface area (Å²) >= 11 is 0. The maximum absolute atomic E-state index is 14.0. The van der Waals surface area contributed by atoms with Crippen LogP contribution in [0.4, 0.5) is 0 Å². The Labute approximate surface area is 322 Å². The molecule has 6 aliphatic carbocycles. The molecule has 8 nitrogen and oxygen atoms in total. The van der Waals surface area contributed by atoms with Crippen molar-refractivity contribution in [3.8, 4) is 0 Å². The summed E-state index contributed by atoms with van der Waals surface area (Å²) in [4.78, 5) is 52.5. The van der Waals surface area contributed by atoms with E-state index in [4.69, 9.17) is 4.74 Å². The largest absolute Gasteiger partial charge is 0.481 e. The summed E-state index contributed by atoms with van der Waals surface area (Å²) in [7, 11) is 0. The number of rotatable bonds is 8. The fourth-order valence-electron chi connectivity index (χ4n) is 14.3. The molecule has 0 unspecified atom stereocenters. The number of allylic oxidation sites excluding steroid dienone is 1. The highest BCUT2D eigenvalue weighted by Gasteiger charge is 2.71. The summed E-state index contributed by atoms with van der Waals surface area (Å²) in [5.41, 5.74) is 1.16. The minimum absolute atomic E-state index is 0.0158. The lowest BCUT2D eigenvalue weighted by molar-refractivity contribution is -0.238. The normalized spacial score (nSPS) is 41.1. The van der Waals surface area contributed by atoms with Gasteiger partial charge in [-0.15, -0.1) is 0 Å². The number of amides is 1. The molecule has 8 heteroatoms. The van der Waals surface area contributed by atoms with E-state index in [1.165, 1.54) is 5.57 Å². The van der Waals surface area contributed by atoms with Gasteiger partial charge in [-0.1, -0.05) is 86.1 Å². The molecule has 296 valence electrons. The van der Waals surface area contributed by atoms with Crippen molar-refractivity contribution < 1.29 is 34.1 Å². The third-order valence-electron chi connectivity index (χ3n) is 17.7. The summed E-state index contributed by atoms with van der Waals surface area (Å²) in [5.74, 6) is -0.962. The van der Waals surface area contributed by atoms with Crippen LogP contribution in [0.5, 0.6) is 0 Å². The molecule has 0 spiro atoms. The fraction of sp³-hybridized carbons (Fsp3) is 0.739. The van der Waals surface area contributed by atoms with Crippen LogP contribution in [0.1, 0.15) is 137 Å². The zero-order valence-corrected chi connectivity index (χ0v) is 34.2. The first kappa shape index (κ1) is 39.2. The predicted molar refractivity (Wildman–Crippen MR) is 207 cm³/mol. The number of benzene rings is 1. The number of Topliss-reactive ketones (excluding diaryl/α,β-unsaturated/α-hetero) is 1. The zero-order valence-electron chi connectivity index (χ0n) is 34.2. The van der Waals surface area contributed by atoms with Gasteiger partial charge in [-0.3, -0.25) is 19.2 Å². The maximum Gasteiger partial charge on any atom is 0.309 e. The Morgan fingerprint density at radius 3 is 2.15 bits per heavy atom. The van der Waals surface area contributed by atoms with Crippen LogP contribution in [-0.2, 0) is 19.1 Å². The Balaban J connectivity index is 1.14. The van der Waals surface area contributed by atoms with Crippen LogP contribution in [0.2, 0.25) is 0 Å². The average Bonchev–Trinajstić information content (AvgIpc) is 3.41. The van der Waals surface area contributed by atoms with Crippen LogP contribution < -0.4 is 5.32 Å². The number of fused-ring (bicyclic) bond motifs is 7. The second kappa shape index (κ2) is 13.0. The van der Waals surface area contributed by atoms with Crippen molar-refractivity contribution in [1.29, 1.82) is 0 Å². The Bertz CT molecular complexity index is 1750. The van der Waals surface area contributed by atoms with E-state index < -0.39 is 34.7 Å². The van der Waals surface area contributed by atoms with Crippen molar-refractivity contribution in [1.82, 2.24) is 5.32 Å². The third kappa shape index (κ3) is 5.44. The number of hydrogen-bond acceptors (Lipinski definition) is 6. The van der Waals surface area contributed by atoms with Crippen LogP contribution in [-0.4, -0.2) is 52.6 Å². The average molecular weight is 744 g/mol. The van der Waals surface area contributed by atoms with Gasteiger partial charge in [-0.05, 0) is 121 Å². The highest BCUT2D eigenvalue weighted by molar-refractivity contribution is 6.01. The number of carboxylic acid groups (broad SMARTS) is 1. The highest BCUT2D eigenvalue weighted by atomic mass is 16.5. The molecule has 1 aromatic carbocycles. The molecule has 6 aliphatic rings. The number of carbonyl (C=O) groups excluding carboxylic acids is 3. The molecule has 5 saturated carbocycles. The van der Waals surface area contributed by atoms with Gasteiger partial charge in [-0.2, -0.15) is 0 Å². The molecule has 0 radical (unpaired) electrons. The summed E-state index contributed by atoms with van der Waals surface area (Å²) in [6.45, 7) is 20.3. The van der Waals surface area contributed by atoms with Gasteiger partial charge < -0.3 is 20.3 Å². The van der Waals surface area contributed by atoms with E-state index in [1.807, 2.05) is 32.0 Å². The molecule has 0 aliphatic heterocycles. The minimum Gasteiger partial charge on any atom is -0.481 e. The third-order valence-corrected chi connectivity index (χ3v) is 17.7. The SMILES string of the molecule is CC(C)C1=C2[C@H]3CC[C@@H]4[C@@]5(C)CC[C@H](OC(=O)[C@H]6C[C@@H](C(=O)O)C6(C)C)C(C)(C)[C@@H]5CC[C@@]4(C)[C@]3(C)CC[C@@]2([C@@H](O)CNC(=O)c2ccccc2)CC1=O. The quantitative estimate of drug-likeness (QED) is 0.228. The number of ether oxygens (including phenoxy) is 1. The molecule has 1 amide bonds. The molecule has 0 aromatic heterocycles. The van der Waals surface area contributed by atoms with Gasteiger partial charge in [0.05, 0.1) is 17.9 Å². The van der Waals surface area contributed by atoms with Gasteiger partial charge in [0.1, 0.15) is 6.10 Å². The summed E-state index contributed by atoms with van der Waals surface area (Å²) in [6, 6.07) is 9.09.